The number of benzene rings is 2. The van der Waals surface area contributed by atoms with Crippen molar-refractivity contribution in [2.45, 2.75) is 97.9 Å². The van der Waals surface area contributed by atoms with Crippen molar-refractivity contribution < 1.29 is 33.6 Å². The molecule has 1 N–H and O–H groups in total. The predicted octanol–water partition coefficient (Wildman–Crippen LogP) is 8.83. The van der Waals surface area contributed by atoms with E-state index in [4.69, 9.17) is 23.7 Å². The second kappa shape index (κ2) is 15.6. The first-order valence-corrected chi connectivity index (χ1v) is 16.0. The average Bonchev–Trinajstić information content (AvgIpc) is 3.04. The fourth-order valence-corrected chi connectivity index (χ4v) is 6.13. The number of aldehydes is 1. The Morgan fingerprint density at radius 1 is 0.978 bits per heavy atom. The molecule has 7 nitrogen and oxygen atoms in total. The zero-order valence-electron chi connectivity index (χ0n) is 28.1. The summed E-state index contributed by atoms with van der Waals surface area (Å²) in [6, 6.07) is 5.71. The summed E-state index contributed by atoms with van der Waals surface area (Å²) in [4.78, 5) is 11.6. The van der Waals surface area contributed by atoms with Gasteiger partial charge in [-0.3, -0.25) is 4.79 Å². The molecule has 2 aliphatic rings. The summed E-state index contributed by atoms with van der Waals surface area (Å²) >= 11 is 0. The summed E-state index contributed by atoms with van der Waals surface area (Å²) < 4.78 is 29.2. The lowest BCUT2D eigenvalue weighted by Gasteiger charge is -2.37. The fourth-order valence-electron chi connectivity index (χ4n) is 6.13. The number of hydrogen-bond donors (Lipinski definition) is 1. The van der Waals surface area contributed by atoms with Gasteiger partial charge in [-0.1, -0.05) is 35.4 Å². The number of ether oxygens (including phenoxy) is 5. The van der Waals surface area contributed by atoms with E-state index in [1.54, 1.807) is 14.2 Å². The average molecular weight is 619 g/mol. The van der Waals surface area contributed by atoms with E-state index in [0.29, 0.717) is 30.3 Å². The quantitative estimate of drug-likeness (QED) is 0.177. The Balaban J connectivity index is 1.18. The zero-order valence-corrected chi connectivity index (χ0v) is 28.1. The maximum atomic E-state index is 11.6. The lowest BCUT2D eigenvalue weighted by Crippen LogP contribution is -2.37. The number of carbonyl (C=O) groups is 1. The van der Waals surface area contributed by atoms with Gasteiger partial charge in [0, 0.05) is 16.7 Å². The lowest BCUT2D eigenvalue weighted by molar-refractivity contribution is -0.161. The molecule has 2 heterocycles. The molecule has 0 amide bonds. The molecule has 0 aliphatic carbocycles. The molecular weight excluding hydrogens is 568 g/mol. The van der Waals surface area contributed by atoms with E-state index in [1.807, 2.05) is 32.0 Å². The maximum absolute atomic E-state index is 11.6. The highest BCUT2D eigenvalue weighted by Crippen LogP contribution is 2.44. The van der Waals surface area contributed by atoms with Crippen LogP contribution in [-0.2, 0) is 15.9 Å². The Hall–Kier alpha value is -3.55. The molecule has 0 spiro atoms. The topological polar surface area (TPSA) is 83.5 Å². The Morgan fingerprint density at radius 2 is 1.64 bits per heavy atom. The minimum atomic E-state index is -0.407. The molecule has 2 aliphatic heterocycles. The van der Waals surface area contributed by atoms with Crippen LogP contribution in [0.1, 0.15) is 105 Å². The van der Waals surface area contributed by atoms with Gasteiger partial charge in [0.1, 0.15) is 17.1 Å². The van der Waals surface area contributed by atoms with Gasteiger partial charge in [-0.25, -0.2) is 0 Å². The lowest BCUT2D eigenvalue weighted by atomic mass is 9.85. The van der Waals surface area contributed by atoms with Crippen LogP contribution in [0.2, 0.25) is 0 Å². The van der Waals surface area contributed by atoms with Crippen LogP contribution in [0.5, 0.6) is 23.0 Å². The molecule has 244 valence electrons. The molecule has 45 heavy (non-hydrogen) atoms. The predicted molar refractivity (Wildman–Crippen MR) is 178 cm³/mol. The van der Waals surface area contributed by atoms with Crippen LogP contribution >= 0.6 is 0 Å². The monoisotopic (exact) mass is 618 g/mol. The molecule has 1 atom stereocenters. The van der Waals surface area contributed by atoms with Crippen molar-refractivity contribution in [3.63, 3.8) is 0 Å². The zero-order chi connectivity index (χ0) is 32.6. The molecule has 0 radical (unpaired) electrons. The minimum absolute atomic E-state index is 0.0861. The first-order valence-electron chi connectivity index (χ1n) is 16.0. The van der Waals surface area contributed by atoms with Crippen LogP contribution in [0.4, 0.5) is 0 Å². The highest BCUT2D eigenvalue weighted by atomic mass is 16.7. The van der Waals surface area contributed by atoms with Gasteiger partial charge in [0.05, 0.1) is 33.0 Å². The summed E-state index contributed by atoms with van der Waals surface area (Å²) in [5.74, 6) is 2.21. The molecule has 0 bridgehead atoms. The van der Waals surface area contributed by atoms with E-state index in [9.17, 15) is 9.90 Å². The maximum Gasteiger partial charge on any atom is 0.184 e. The smallest absolute Gasteiger partial charge is 0.184 e. The van der Waals surface area contributed by atoms with Crippen molar-refractivity contribution in [2.75, 3.05) is 27.4 Å². The van der Waals surface area contributed by atoms with Crippen LogP contribution in [-0.4, -0.2) is 44.4 Å². The SMILES string of the molecule is COc1ccc(C2OCC(=CCC/C(C)=C/CC/C(C)=C/CC[C@]3(C)CCc4c(C)c(O)c(C=O)c(C)c4O3)CO2)cc1OC. The molecule has 1 fully saturated rings. The fraction of sp³-hybridized carbons (Fsp3) is 0.500. The number of carbonyl (C=O) groups excluding carboxylic acids is 1. The van der Waals surface area contributed by atoms with Crippen molar-refractivity contribution in [2.24, 2.45) is 0 Å². The summed E-state index contributed by atoms with van der Waals surface area (Å²) in [5, 5.41) is 10.4. The third kappa shape index (κ3) is 8.59. The molecule has 0 unspecified atom stereocenters. The standard InChI is InChI=1S/C38H50O7/c1-25(13-9-15-29-23-43-37(44-24-29)30-16-17-33(41-6)34(21-30)42-7)11-8-12-26(2)14-10-19-38(5)20-18-31-27(3)35(40)32(22-39)28(4)36(31)45-38/h11,14-17,21-22,37,40H,8-10,12-13,18-20,23-24H2,1-7H3/b25-11+,26-14+,29-15?/t37?,38-/m1/s1. The van der Waals surface area contributed by atoms with Gasteiger partial charge in [-0.15, -0.1) is 0 Å². The second-order valence-electron chi connectivity index (χ2n) is 12.6. The minimum Gasteiger partial charge on any atom is -0.507 e. The van der Waals surface area contributed by atoms with E-state index in [2.05, 4.69) is 39.0 Å². The third-order valence-corrected chi connectivity index (χ3v) is 9.14. The van der Waals surface area contributed by atoms with Crippen molar-refractivity contribution in [1.29, 1.82) is 0 Å². The van der Waals surface area contributed by atoms with Crippen molar-refractivity contribution in [1.82, 2.24) is 0 Å². The molecule has 0 aromatic heterocycles. The number of aromatic hydroxyl groups is 1. The first kappa shape index (κ1) is 34.3. The highest BCUT2D eigenvalue weighted by Gasteiger charge is 2.34. The third-order valence-electron chi connectivity index (χ3n) is 9.14. The number of phenols is 1. The van der Waals surface area contributed by atoms with E-state index < -0.39 is 6.29 Å². The van der Waals surface area contributed by atoms with Gasteiger partial charge in [0.2, 0.25) is 0 Å². The van der Waals surface area contributed by atoms with Crippen LogP contribution in [0.3, 0.4) is 0 Å². The van der Waals surface area contributed by atoms with E-state index in [1.165, 1.54) is 16.7 Å². The summed E-state index contributed by atoms with van der Waals surface area (Å²) in [7, 11) is 3.24. The number of methoxy groups -OCH3 is 2. The molecule has 2 aromatic rings. The Kier molecular flexibility index (Phi) is 11.9. The van der Waals surface area contributed by atoms with Gasteiger partial charge < -0.3 is 28.8 Å². The molecular formula is C38H50O7. The molecule has 4 rings (SSSR count). The molecule has 0 saturated carbocycles. The Bertz CT molecular complexity index is 1440. The van der Waals surface area contributed by atoms with Gasteiger partial charge >= 0.3 is 0 Å². The number of rotatable bonds is 13. The molecule has 7 heteroatoms. The van der Waals surface area contributed by atoms with Crippen LogP contribution in [0.25, 0.3) is 0 Å². The van der Waals surface area contributed by atoms with E-state index in [-0.39, 0.29) is 11.4 Å². The van der Waals surface area contributed by atoms with Gasteiger partial charge in [0.15, 0.2) is 24.1 Å². The highest BCUT2D eigenvalue weighted by molar-refractivity contribution is 5.84. The van der Waals surface area contributed by atoms with Crippen molar-refractivity contribution >= 4 is 6.29 Å². The first-order chi connectivity index (χ1) is 21.6. The second-order valence-corrected chi connectivity index (χ2v) is 12.6. The van der Waals surface area contributed by atoms with Crippen LogP contribution < -0.4 is 14.2 Å². The van der Waals surface area contributed by atoms with E-state index >= 15 is 0 Å². The Morgan fingerprint density at radius 3 is 2.31 bits per heavy atom. The van der Waals surface area contributed by atoms with Crippen molar-refractivity contribution in [3.8, 4) is 23.0 Å². The van der Waals surface area contributed by atoms with E-state index in [0.717, 1.165) is 85.7 Å². The Labute approximate surface area is 268 Å². The van der Waals surface area contributed by atoms with Gasteiger partial charge in [-0.05, 0) is 109 Å². The number of phenolic OH excluding ortho intramolecular Hbond substituents is 1. The van der Waals surface area contributed by atoms with Crippen LogP contribution in [0, 0.1) is 13.8 Å². The van der Waals surface area contributed by atoms with Crippen LogP contribution in [0.15, 0.2) is 53.1 Å². The number of fused-ring (bicyclic) bond motifs is 1. The summed E-state index contributed by atoms with van der Waals surface area (Å²) in [6.45, 7) is 11.4. The molecule has 1 saturated heterocycles. The van der Waals surface area contributed by atoms with Crippen molar-refractivity contribution in [3.05, 3.63) is 81.0 Å². The normalized spacial score (nSPS) is 20.3. The molecule has 2 aromatic carbocycles. The van der Waals surface area contributed by atoms with Gasteiger partial charge in [0.25, 0.3) is 0 Å². The number of allylic oxidation sites excluding steroid dienone is 5. The summed E-state index contributed by atoms with van der Waals surface area (Å²) in [6.07, 6.45) is 14.9. The van der Waals surface area contributed by atoms with Gasteiger partial charge in [-0.2, -0.15) is 0 Å². The summed E-state index contributed by atoms with van der Waals surface area (Å²) in [5.41, 5.74) is 7.44. The number of hydrogen-bond acceptors (Lipinski definition) is 7. The largest absolute Gasteiger partial charge is 0.507 e.